The van der Waals surface area contributed by atoms with Crippen molar-refractivity contribution >= 4 is 43.3 Å². The van der Waals surface area contributed by atoms with E-state index in [1.165, 1.54) is 15.9 Å². The molecule has 2 nitrogen and oxygen atoms in total. The van der Waals surface area contributed by atoms with E-state index in [9.17, 15) is 9.90 Å². The van der Waals surface area contributed by atoms with Gasteiger partial charge in [0.15, 0.2) is 21.5 Å². The maximum atomic E-state index is 11.2. The van der Waals surface area contributed by atoms with E-state index in [1.54, 1.807) is 18.2 Å². The molecular weight excluding hydrogens is 455 g/mol. The van der Waals surface area contributed by atoms with E-state index in [-0.39, 0.29) is 0 Å². The Kier molecular flexibility index (Phi) is 6.13. The molecule has 148 valence electrons. The van der Waals surface area contributed by atoms with Crippen molar-refractivity contribution in [1.82, 2.24) is 0 Å². The number of aromatic carboxylic acids is 1. The Hall–Kier alpha value is -2.74. The van der Waals surface area contributed by atoms with Crippen molar-refractivity contribution in [2.75, 3.05) is 0 Å². The van der Waals surface area contributed by atoms with Crippen molar-refractivity contribution in [1.29, 1.82) is 0 Å². The molecule has 0 saturated carbocycles. The zero-order valence-corrected chi connectivity index (χ0v) is 18.8. The van der Waals surface area contributed by atoms with Gasteiger partial charge in [-0.25, -0.2) is 4.79 Å². The van der Waals surface area contributed by atoms with Crippen LogP contribution in [0.5, 0.6) is 0 Å². The number of hydrogen-bond acceptors (Lipinski definition) is 1. The molecule has 4 aromatic rings. The minimum Gasteiger partial charge on any atom is -0.478 e. The molecule has 4 heteroatoms. The lowest BCUT2D eigenvalue weighted by Crippen LogP contribution is -2.26. The van der Waals surface area contributed by atoms with Gasteiger partial charge in [0.1, 0.15) is 15.9 Å². The van der Waals surface area contributed by atoms with Crippen LogP contribution in [-0.2, 0) is 6.42 Å². The highest BCUT2D eigenvalue weighted by Crippen LogP contribution is 2.62. The van der Waals surface area contributed by atoms with Crippen molar-refractivity contribution in [2.45, 2.75) is 6.42 Å². The number of carboxylic acid groups (broad SMARTS) is 1. The van der Waals surface area contributed by atoms with Crippen LogP contribution in [-0.4, -0.2) is 11.1 Å². The summed E-state index contributed by atoms with van der Waals surface area (Å²) < 4.78 is 0. The van der Waals surface area contributed by atoms with Crippen molar-refractivity contribution in [2.24, 2.45) is 0 Å². The number of rotatable bonds is 6. The van der Waals surface area contributed by atoms with E-state index in [2.05, 4.69) is 88.3 Å². The summed E-state index contributed by atoms with van der Waals surface area (Å²) in [6.45, 7) is 0. The molecule has 0 fully saturated rings. The normalized spacial score (nSPS) is 11.2. The third-order valence-corrected chi connectivity index (χ3v) is 11.8. The van der Waals surface area contributed by atoms with Gasteiger partial charge in [0.2, 0.25) is 0 Å². The second-order valence-corrected chi connectivity index (χ2v) is 13.0. The van der Waals surface area contributed by atoms with Crippen LogP contribution < -0.4 is 15.9 Å². The Morgan fingerprint density at radius 1 is 0.667 bits per heavy atom. The van der Waals surface area contributed by atoms with Crippen molar-refractivity contribution < 1.29 is 9.90 Å². The highest BCUT2D eigenvalue weighted by molar-refractivity contribution is 9.44. The minimum absolute atomic E-state index is 0.322. The van der Waals surface area contributed by atoms with Gasteiger partial charge < -0.3 is 5.11 Å². The van der Waals surface area contributed by atoms with Crippen LogP contribution in [0.2, 0.25) is 0 Å². The van der Waals surface area contributed by atoms with E-state index in [0.29, 0.717) is 12.0 Å². The Bertz CT molecular complexity index is 1100. The van der Waals surface area contributed by atoms with Gasteiger partial charge in [0.05, 0.1) is 5.56 Å². The third kappa shape index (κ3) is 4.23. The maximum Gasteiger partial charge on any atom is 0.335 e. The summed E-state index contributed by atoms with van der Waals surface area (Å²) in [4.78, 5) is 11.2. The number of carbonyl (C=O) groups is 1. The summed E-state index contributed by atoms with van der Waals surface area (Å²) in [5, 5.41) is 13.0. The lowest BCUT2D eigenvalue weighted by Gasteiger charge is -2.20. The van der Waals surface area contributed by atoms with Gasteiger partial charge in [-0.05, 0) is 66.1 Å². The Balaban J connectivity index is 1.69. The number of carboxylic acids is 1. The first-order chi connectivity index (χ1) is 14.6. The Morgan fingerprint density at radius 2 is 1.20 bits per heavy atom. The summed E-state index contributed by atoms with van der Waals surface area (Å²) in [6, 6.07) is 36.9. The molecule has 0 radical (unpaired) electrons. The number of benzene rings is 4. The van der Waals surface area contributed by atoms with Gasteiger partial charge in [-0.1, -0.05) is 60.7 Å². The van der Waals surface area contributed by atoms with Crippen LogP contribution in [0.4, 0.5) is 0 Å². The molecule has 0 aliphatic rings. The predicted octanol–water partition coefficient (Wildman–Crippen LogP) is 5.58. The second-order valence-electron chi connectivity index (χ2n) is 7.11. The van der Waals surface area contributed by atoms with E-state index in [4.69, 9.17) is 0 Å². The van der Waals surface area contributed by atoms with Crippen molar-refractivity contribution in [3.8, 4) is 0 Å². The van der Waals surface area contributed by atoms with Gasteiger partial charge in [-0.2, -0.15) is 0 Å². The number of halogens is 1. The smallest absolute Gasteiger partial charge is 0.335 e. The average molecular weight is 476 g/mol. The second kappa shape index (κ2) is 8.95. The van der Waals surface area contributed by atoms with E-state index in [0.717, 1.165) is 11.1 Å². The highest BCUT2D eigenvalue weighted by atomic mass is 79.9. The van der Waals surface area contributed by atoms with E-state index < -0.39 is 11.9 Å². The summed E-state index contributed by atoms with van der Waals surface area (Å²) in [6.07, 6.45) is 0.700. The third-order valence-electron chi connectivity index (χ3n) is 5.10. The maximum absolute atomic E-state index is 11.2. The zero-order chi connectivity index (χ0) is 21.0. The average Bonchev–Trinajstić information content (AvgIpc) is 2.80. The van der Waals surface area contributed by atoms with Crippen LogP contribution in [0, 0.1) is 0 Å². The fraction of sp³-hybridized carbons (Fsp3) is 0.0385. The molecule has 4 aromatic carbocycles. The fourth-order valence-electron chi connectivity index (χ4n) is 3.58. The molecule has 0 heterocycles. The van der Waals surface area contributed by atoms with E-state index in [1.807, 2.05) is 18.2 Å². The van der Waals surface area contributed by atoms with Crippen LogP contribution in [0.3, 0.4) is 0 Å². The van der Waals surface area contributed by atoms with Crippen LogP contribution in [0.25, 0.3) is 0 Å². The summed E-state index contributed by atoms with van der Waals surface area (Å²) in [7, 11) is 0. The Labute approximate surface area is 185 Å². The first-order valence-electron chi connectivity index (χ1n) is 9.69. The van der Waals surface area contributed by atoms with Gasteiger partial charge >= 0.3 is 5.97 Å². The lowest BCUT2D eigenvalue weighted by molar-refractivity contribution is 0.0696. The molecule has 0 bridgehead atoms. The van der Waals surface area contributed by atoms with Gasteiger partial charge in [-0.3, -0.25) is 0 Å². The molecule has 0 aliphatic heterocycles. The molecule has 0 amide bonds. The van der Waals surface area contributed by atoms with Gasteiger partial charge in [0.25, 0.3) is 0 Å². The highest BCUT2D eigenvalue weighted by Gasteiger charge is 2.43. The molecule has 4 rings (SSSR count). The van der Waals surface area contributed by atoms with Crippen molar-refractivity contribution in [3.05, 3.63) is 126 Å². The predicted molar refractivity (Wildman–Crippen MR) is 130 cm³/mol. The SMILES string of the molecule is O=C(O)c1cccc(Cc2ccc([P+](Br)(c3ccccc3)c3ccccc3)cc2)c1. The molecule has 0 atom stereocenters. The number of hydrogen-bond donors (Lipinski definition) is 1. The van der Waals surface area contributed by atoms with Gasteiger partial charge in [0, 0.05) is 0 Å². The van der Waals surface area contributed by atoms with Gasteiger partial charge in [-0.15, -0.1) is 0 Å². The zero-order valence-electron chi connectivity index (χ0n) is 16.3. The first-order valence-corrected chi connectivity index (χ1v) is 13.5. The molecule has 30 heavy (non-hydrogen) atoms. The topological polar surface area (TPSA) is 37.3 Å². The first kappa shape index (κ1) is 20.5. The quantitative estimate of drug-likeness (QED) is 0.369. The molecule has 0 unspecified atom stereocenters. The lowest BCUT2D eigenvalue weighted by atomic mass is 10.0. The van der Waals surface area contributed by atoms with Crippen LogP contribution in [0.15, 0.2) is 109 Å². The molecular formula is C26H21BrO2P+. The molecule has 1 N–H and O–H groups in total. The van der Waals surface area contributed by atoms with Crippen molar-refractivity contribution in [3.63, 3.8) is 0 Å². The largest absolute Gasteiger partial charge is 0.478 e. The van der Waals surface area contributed by atoms with E-state index >= 15 is 0 Å². The standard InChI is InChI=1S/C26H20BrO2P/c27-30(23-10-3-1-4-11-23,24-12-5-2-6-13-24)25-16-14-20(15-17-25)18-21-8-7-9-22(19-21)26(28)29/h1-17,19H,18H2/p+1. The molecule has 0 aromatic heterocycles. The van der Waals surface area contributed by atoms with Crippen LogP contribution in [0.1, 0.15) is 21.5 Å². The summed E-state index contributed by atoms with van der Waals surface area (Å²) >= 11 is 4.17. The van der Waals surface area contributed by atoms with Crippen LogP contribution >= 0.6 is 21.5 Å². The Morgan fingerprint density at radius 3 is 1.73 bits per heavy atom. The minimum atomic E-state index is -1.91. The fourth-order valence-corrected chi connectivity index (χ4v) is 8.33. The molecule has 0 spiro atoms. The summed E-state index contributed by atoms with van der Waals surface area (Å²) in [5.74, 6) is -2.81. The molecule has 0 saturated heterocycles. The summed E-state index contributed by atoms with van der Waals surface area (Å²) in [5.41, 5.74) is 2.47. The molecule has 0 aliphatic carbocycles. The monoisotopic (exact) mass is 475 g/mol.